The van der Waals surface area contributed by atoms with E-state index in [2.05, 4.69) is 6.92 Å². The Labute approximate surface area is 166 Å². The number of urea groups is 1. The summed E-state index contributed by atoms with van der Waals surface area (Å²) < 4.78 is 5.17. The van der Waals surface area contributed by atoms with Gasteiger partial charge in [-0.3, -0.25) is 9.69 Å². The Hall–Kier alpha value is -3.02. The van der Waals surface area contributed by atoms with Crippen LogP contribution in [-0.2, 0) is 4.79 Å². The van der Waals surface area contributed by atoms with E-state index in [4.69, 9.17) is 4.74 Å². The maximum absolute atomic E-state index is 13.0. The van der Waals surface area contributed by atoms with Crippen LogP contribution in [0.3, 0.4) is 0 Å². The summed E-state index contributed by atoms with van der Waals surface area (Å²) in [6, 6.07) is 16.9. The molecule has 3 amide bonds. The smallest absolute Gasteiger partial charge is 0.325 e. The van der Waals surface area contributed by atoms with Crippen molar-refractivity contribution in [3.8, 4) is 5.75 Å². The maximum Gasteiger partial charge on any atom is 0.325 e. The van der Waals surface area contributed by atoms with Crippen molar-refractivity contribution in [2.24, 2.45) is 0 Å². The summed E-state index contributed by atoms with van der Waals surface area (Å²) in [6.45, 7) is 3.95. The third-order valence-electron chi connectivity index (χ3n) is 4.91. The first-order valence-corrected chi connectivity index (χ1v) is 9.70. The van der Waals surface area contributed by atoms with E-state index < -0.39 is 0 Å². The Bertz CT molecular complexity index is 792. The molecule has 28 heavy (non-hydrogen) atoms. The molecule has 0 bridgehead atoms. The third-order valence-corrected chi connectivity index (χ3v) is 4.91. The van der Waals surface area contributed by atoms with E-state index in [-0.39, 0.29) is 18.5 Å². The van der Waals surface area contributed by atoms with Gasteiger partial charge in [-0.15, -0.1) is 0 Å². The number of hydrogen-bond acceptors (Lipinski definition) is 3. The number of benzene rings is 2. The van der Waals surface area contributed by atoms with Crippen molar-refractivity contribution >= 4 is 23.3 Å². The fourth-order valence-corrected chi connectivity index (χ4v) is 3.30. The van der Waals surface area contributed by atoms with E-state index in [1.165, 1.54) is 0 Å². The van der Waals surface area contributed by atoms with Crippen LogP contribution < -0.4 is 14.5 Å². The third kappa shape index (κ3) is 4.44. The van der Waals surface area contributed by atoms with Gasteiger partial charge in [0.1, 0.15) is 12.3 Å². The van der Waals surface area contributed by atoms with Crippen LogP contribution in [-0.4, -0.2) is 50.1 Å². The molecule has 2 aromatic carbocycles. The van der Waals surface area contributed by atoms with Crippen LogP contribution in [0, 0.1) is 0 Å². The Balaban J connectivity index is 1.67. The first-order chi connectivity index (χ1) is 13.6. The molecule has 6 heteroatoms. The Morgan fingerprint density at radius 3 is 2.43 bits per heavy atom. The minimum atomic E-state index is -0.137. The SMILES string of the molecule is CCCCN(C(=O)CN1CCN(c2ccc(OC)cc2)C1=O)c1ccccc1. The summed E-state index contributed by atoms with van der Waals surface area (Å²) in [5.74, 6) is 0.696. The van der Waals surface area contributed by atoms with Crippen LogP contribution >= 0.6 is 0 Å². The van der Waals surface area contributed by atoms with Gasteiger partial charge in [0.2, 0.25) is 5.91 Å². The molecule has 0 unspecified atom stereocenters. The first kappa shape index (κ1) is 19.7. The lowest BCUT2D eigenvalue weighted by Crippen LogP contribution is -2.42. The molecular formula is C22H27N3O3. The maximum atomic E-state index is 13.0. The number of hydrogen-bond donors (Lipinski definition) is 0. The minimum absolute atomic E-state index is 0.0513. The lowest BCUT2D eigenvalue weighted by atomic mass is 10.2. The second kappa shape index (κ2) is 9.26. The van der Waals surface area contributed by atoms with E-state index in [1.54, 1.807) is 21.8 Å². The van der Waals surface area contributed by atoms with Gasteiger partial charge in [0.15, 0.2) is 0 Å². The van der Waals surface area contributed by atoms with Crippen LogP contribution in [0.15, 0.2) is 54.6 Å². The molecule has 0 N–H and O–H groups in total. The minimum Gasteiger partial charge on any atom is -0.497 e. The van der Waals surface area contributed by atoms with E-state index >= 15 is 0 Å². The lowest BCUT2D eigenvalue weighted by molar-refractivity contribution is -0.119. The molecule has 0 saturated carbocycles. The highest BCUT2D eigenvalue weighted by atomic mass is 16.5. The molecule has 0 atom stereocenters. The van der Waals surface area contributed by atoms with Crippen LogP contribution in [0.5, 0.6) is 5.75 Å². The molecule has 1 saturated heterocycles. The highest BCUT2D eigenvalue weighted by molar-refractivity contribution is 6.00. The summed E-state index contributed by atoms with van der Waals surface area (Å²) in [5.41, 5.74) is 1.69. The van der Waals surface area contributed by atoms with Gasteiger partial charge in [-0.25, -0.2) is 4.79 Å². The van der Waals surface area contributed by atoms with Crippen LogP contribution in [0.4, 0.5) is 16.2 Å². The fraction of sp³-hybridized carbons (Fsp3) is 0.364. The topological polar surface area (TPSA) is 53.1 Å². The van der Waals surface area contributed by atoms with E-state index in [0.717, 1.165) is 30.0 Å². The van der Waals surface area contributed by atoms with Gasteiger partial charge in [0.25, 0.3) is 0 Å². The number of rotatable bonds is 8. The number of anilines is 2. The Morgan fingerprint density at radius 1 is 1.07 bits per heavy atom. The normalized spacial score (nSPS) is 13.7. The summed E-state index contributed by atoms with van der Waals surface area (Å²) in [4.78, 5) is 30.9. The molecule has 6 nitrogen and oxygen atoms in total. The highest BCUT2D eigenvalue weighted by Gasteiger charge is 2.32. The summed E-state index contributed by atoms with van der Waals surface area (Å²) in [5, 5.41) is 0. The number of carbonyl (C=O) groups is 2. The van der Waals surface area contributed by atoms with Crippen LogP contribution in [0.25, 0.3) is 0 Å². The van der Waals surface area contributed by atoms with Crippen molar-refractivity contribution in [2.45, 2.75) is 19.8 Å². The van der Waals surface area contributed by atoms with Crippen LogP contribution in [0.2, 0.25) is 0 Å². The molecule has 1 fully saturated rings. The van der Waals surface area contributed by atoms with Crippen LogP contribution in [0.1, 0.15) is 19.8 Å². The van der Waals surface area contributed by atoms with Crippen molar-refractivity contribution in [1.82, 2.24) is 4.90 Å². The predicted octanol–water partition coefficient (Wildman–Crippen LogP) is 3.77. The zero-order valence-electron chi connectivity index (χ0n) is 16.5. The van der Waals surface area contributed by atoms with E-state index in [1.807, 2.05) is 54.6 Å². The number of nitrogens with zero attached hydrogens (tertiary/aromatic N) is 3. The van der Waals surface area contributed by atoms with E-state index in [0.29, 0.717) is 19.6 Å². The molecule has 0 aliphatic carbocycles. The van der Waals surface area contributed by atoms with Gasteiger partial charge < -0.3 is 14.5 Å². The summed E-state index contributed by atoms with van der Waals surface area (Å²) in [6.07, 6.45) is 1.93. The molecule has 1 aliphatic rings. The van der Waals surface area contributed by atoms with E-state index in [9.17, 15) is 9.59 Å². The molecular weight excluding hydrogens is 354 g/mol. The molecule has 0 spiro atoms. The molecule has 0 radical (unpaired) electrons. The predicted molar refractivity (Wildman–Crippen MR) is 111 cm³/mol. The van der Waals surface area contributed by atoms with Crippen molar-refractivity contribution in [3.63, 3.8) is 0 Å². The number of unbranched alkanes of at least 4 members (excludes halogenated alkanes) is 1. The largest absolute Gasteiger partial charge is 0.497 e. The number of para-hydroxylation sites is 1. The Morgan fingerprint density at radius 2 is 1.79 bits per heavy atom. The molecule has 3 rings (SSSR count). The van der Waals surface area contributed by atoms with Crippen molar-refractivity contribution < 1.29 is 14.3 Å². The molecule has 1 heterocycles. The van der Waals surface area contributed by atoms with Crippen molar-refractivity contribution in [2.75, 3.05) is 43.1 Å². The molecule has 1 aliphatic heterocycles. The van der Waals surface area contributed by atoms with Crippen molar-refractivity contribution in [3.05, 3.63) is 54.6 Å². The first-order valence-electron chi connectivity index (χ1n) is 9.70. The number of ether oxygens (including phenoxy) is 1. The number of amides is 3. The van der Waals surface area contributed by atoms with Gasteiger partial charge in [-0.05, 0) is 42.8 Å². The lowest BCUT2D eigenvalue weighted by Gasteiger charge is -2.25. The average Bonchev–Trinajstić information content (AvgIpc) is 3.09. The molecule has 2 aromatic rings. The number of methoxy groups -OCH3 is 1. The van der Waals surface area contributed by atoms with Gasteiger partial charge in [-0.2, -0.15) is 0 Å². The quantitative estimate of drug-likeness (QED) is 0.699. The molecule has 148 valence electrons. The summed E-state index contributed by atoms with van der Waals surface area (Å²) in [7, 11) is 1.61. The zero-order chi connectivity index (χ0) is 19.9. The van der Waals surface area contributed by atoms with Gasteiger partial charge in [0.05, 0.1) is 7.11 Å². The monoisotopic (exact) mass is 381 g/mol. The summed E-state index contributed by atoms with van der Waals surface area (Å²) >= 11 is 0. The van der Waals surface area contributed by atoms with Gasteiger partial charge in [-0.1, -0.05) is 31.5 Å². The standard InChI is InChI=1S/C22H27N3O3/c1-3-4-14-24(18-8-6-5-7-9-18)21(26)17-23-15-16-25(22(23)27)19-10-12-20(28-2)13-11-19/h5-13H,3-4,14-17H2,1-2H3. The second-order valence-corrected chi connectivity index (χ2v) is 6.79. The highest BCUT2D eigenvalue weighted by Crippen LogP contribution is 2.23. The average molecular weight is 381 g/mol. The fourth-order valence-electron chi connectivity index (χ4n) is 3.30. The van der Waals surface area contributed by atoms with Gasteiger partial charge in [0, 0.05) is 31.0 Å². The Kier molecular flexibility index (Phi) is 6.53. The zero-order valence-corrected chi connectivity index (χ0v) is 16.5. The number of carbonyl (C=O) groups excluding carboxylic acids is 2. The molecule has 0 aromatic heterocycles. The van der Waals surface area contributed by atoms with Crippen molar-refractivity contribution in [1.29, 1.82) is 0 Å². The second-order valence-electron chi connectivity index (χ2n) is 6.79. The van der Waals surface area contributed by atoms with Gasteiger partial charge >= 0.3 is 6.03 Å².